The molecular weight excluding hydrogens is 370 g/mol. The quantitative estimate of drug-likeness (QED) is 0.378. The molecule has 28 heavy (non-hydrogen) atoms. The van der Waals surface area contributed by atoms with Crippen molar-refractivity contribution in [2.24, 2.45) is 0 Å². The molecule has 4 rings (SSSR count). The van der Waals surface area contributed by atoms with Gasteiger partial charge in [0.2, 0.25) is 0 Å². The van der Waals surface area contributed by atoms with Crippen LogP contribution in [-0.4, -0.2) is 20.7 Å². The monoisotopic (exact) mass is 387 g/mol. The van der Waals surface area contributed by atoms with E-state index < -0.39 is 0 Å². The van der Waals surface area contributed by atoms with Gasteiger partial charge in [0.1, 0.15) is 17.0 Å². The van der Waals surface area contributed by atoms with E-state index in [0.717, 1.165) is 21.5 Å². The molecule has 0 saturated heterocycles. The number of rotatable bonds is 5. The number of hydrogen-bond acceptors (Lipinski definition) is 7. The van der Waals surface area contributed by atoms with Gasteiger partial charge in [0, 0.05) is 27.7 Å². The first kappa shape index (κ1) is 17.9. The second kappa shape index (κ2) is 7.66. The Kier molecular flexibility index (Phi) is 4.90. The van der Waals surface area contributed by atoms with Gasteiger partial charge in [-0.3, -0.25) is 9.78 Å². The van der Waals surface area contributed by atoms with E-state index in [-0.39, 0.29) is 5.78 Å². The van der Waals surface area contributed by atoms with E-state index in [9.17, 15) is 4.79 Å². The van der Waals surface area contributed by atoms with Gasteiger partial charge in [-0.25, -0.2) is 9.97 Å². The first-order valence-corrected chi connectivity index (χ1v) is 9.43. The van der Waals surface area contributed by atoms with Gasteiger partial charge in [0.25, 0.3) is 0 Å². The molecule has 0 aliphatic rings. The van der Waals surface area contributed by atoms with Crippen molar-refractivity contribution in [2.45, 2.75) is 16.8 Å². The number of para-hydroxylation sites is 1. The lowest BCUT2D eigenvalue weighted by Gasteiger charge is -2.12. The standard InChI is InChI=1S/C21H17N5OS/c1-13(27)15-6-2-8-16(11-15)26-20-18(22)21(25-12-24-20)28-17-9-3-5-14-7-4-10-23-19(14)17/h2-12H,22H2,1H3,(H,24,25,26). The van der Waals surface area contributed by atoms with Crippen molar-refractivity contribution in [3.63, 3.8) is 0 Å². The highest BCUT2D eigenvalue weighted by molar-refractivity contribution is 7.99. The minimum atomic E-state index is -0.000917. The van der Waals surface area contributed by atoms with Crippen molar-refractivity contribution in [3.8, 4) is 0 Å². The van der Waals surface area contributed by atoms with E-state index >= 15 is 0 Å². The molecule has 138 valence electrons. The van der Waals surface area contributed by atoms with Crippen LogP contribution in [0.1, 0.15) is 17.3 Å². The molecule has 2 heterocycles. The van der Waals surface area contributed by atoms with E-state index in [1.807, 2.05) is 42.5 Å². The van der Waals surface area contributed by atoms with Crippen LogP contribution >= 0.6 is 11.8 Å². The molecule has 0 fully saturated rings. The summed E-state index contributed by atoms with van der Waals surface area (Å²) in [6.45, 7) is 1.53. The molecule has 0 saturated carbocycles. The zero-order chi connectivity index (χ0) is 19.5. The molecule has 0 aliphatic heterocycles. The lowest BCUT2D eigenvalue weighted by atomic mass is 10.1. The van der Waals surface area contributed by atoms with Crippen LogP contribution in [0.25, 0.3) is 10.9 Å². The fourth-order valence-corrected chi connectivity index (χ4v) is 3.70. The minimum Gasteiger partial charge on any atom is -0.394 e. The number of hydrogen-bond donors (Lipinski definition) is 2. The number of nitrogens with one attached hydrogen (secondary N) is 1. The van der Waals surface area contributed by atoms with Gasteiger partial charge in [0.05, 0.1) is 5.52 Å². The number of pyridine rings is 1. The van der Waals surface area contributed by atoms with E-state index in [2.05, 4.69) is 20.3 Å². The number of anilines is 3. The van der Waals surface area contributed by atoms with Crippen molar-refractivity contribution < 1.29 is 4.79 Å². The number of aromatic nitrogens is 3. The van der Waals surface area contributed by atoms with Crippen LogP contribution < -0.4 is 11.1 Å². The zero-order valence-corrected chi connectivity index (χ0v) is 15.9. The molecule has 3 N–H and O–H groups in total. The van der Waals surface area contributed by atoms with Crippen LogP contribution in [0.3, 0.4) is 0 Å². The summed E-state index contributed by atoms with van der Waals surface area (Å²) in [7, 11) is 0. The Balaban J connectivity index is 1.65. The van der Waals surface area contributed by atoms with Crippen molar-refractivity contribution in [1.82, 2.24) is 15.0 Å². The molecule has 6 nitrogen and oxygen atoms in total. The SMILES string of the molecule is CC(=O)c1cccc(Nc2ncnc(Sc3cccc4cccnc34)c2N)c1. The van der Waals surface area contributed by atoms with Crippen LogP contribution in [0.4, 0.5) is 17.2 Å². The topological polar surface area (TPSA) is 93.8 Å². The third-order valence-corrected chi connectivity index (χ3v) is 5.25. The third-order valence-electron chi connectivity index (χ3n) is 4.18. The van der Waals surface area contributed by atoms with Crippen molar-refractivity contribution in [2.75, 3.05) is 11.1 Å². The Morgan fingerprint density at radius 1 is 1.04 bits per heavy atom. The Bertz CT molecular complexity index is 1170. The molecule has 4 aromatic rings. The number of nitrogen functional groups attached to an aromatic ring is 1. The second-order valence-corrected chi connectivity index (χ2v) is 7.17. The molecule has 0 atom stereocenters. The molecule has 0 amide bonds. The maximum atomic E-state index is 11.6. The highest BCUT2D eigenvalue weighted by atomic mass is 32.2. The van der Waals surface area contributed by atoms with E-state index in [1.54, 1.807) is 18.3 Å². The molecule has 2 aromatic carbocycles. The summed E-state index contributed by atoms with van der Waals surface area (Å²) in [6.07, 6.45) is 3.24. The molecule has 0 aliphatic carbocycles. The first-order valence-electron chi connectivity index (χ1n) is 8.62. The molecule has 7 heteroatoms. The number of nitrogens with two attached hydrogens (primary N) is 1. The normalized spacial score (nSPS) is 10.8. The van der Waals surface area contributed by atoms with Gasteiger partial charge in [0.15, 0.2) is 11.6 Å². The van der Waals surface area contributed by atoms with E-state index in [1.165, 1.54) is 25.0 Å². The fourth-order valence-electron chi connectivity index (χ4n) is 2.78. The summed E-state index contributed by atoms with van der Waals surface area (Å²) < 4.78 is 0. The van der Waals surface area contributed by atoms with Crippen LogP contribution in [0.2, 0.25) is 0 Å². The smallest absolute Gasteiger partial charge is 0.159 e. The summed E-state index contributed by atoms with van der Waals surface area (Å²) in [5.41, 5.74) is 9.02. The predicted molar refractivity (Wildman–Crippen MR) is 112 cm³/mol. The number of benzene rings is 2. The largest absolute Gasteiger partial charge is 0.394 e. The highest BCUT2D eigenvalue weighted by Gasteiger charge is 2.12. The van der Waals surface area contributed by atoms with Gasteiger partial charge in [-0.05, 0) is 31.2 Å². The lowest BCUT2D eigenvalue weighted by molar-refractivity contribution is 0.101. The van der Waals surface area contributed by atoms with Crippen LogP contribution in [0.5, 0.6) is 0 Å². The van der Waals surface area contributed by atoms with Crippen LogP contribution in [0.15, 0.2) is 77.0 Å². The van der Waals surface area contributed by atoms with Crippen LogP contribution in [0, 0.1) is 0 Å². The third kappa shape index (κ3) is 3.65. The Labute approximate surface area is 166 Å². The average Bonchev–Trinajstić information content (AvgIpc) is 2.71. The fraction of sp³-hybridized carbons (Fsp3) is 0.0476. The predicted octanol–water partition coefficient (Wildman–Crippen LogP) is 4.70. The molecule has 0 bridgehead atoms. The van der Waals surface area contributed by atoms with Crippen LogP contribution in [-0.2, 0) is 0 Å². The highest BCUT2D eigenvalue weighted by Crippen LogP contribution is 2.36. The molecule has 0 radical (unpaired) electrons. The second-order valence-electron chi connectivity index (χ2n) is 6.14. The summed E-state index contributed by atoms with van der Waals surface area (Å²) in [4.78, 5) is 25.6. The summed E-state index contributed by atoms with van der Waals surface area (Å²) in [6, 6.07) is 17.1. The Hall–Kier alpha value is -3.45. The number of carbonyl (C=O) groups excluding carboxylic acids is 1. The summed E-state index contributed by atoms with van der Waals surface area (Å²) in [5, 5.41) is 4.87. The Morgan fingerprint density at radius 2 is 1.86 bits per heavy atom. The van der Waals surface area contributed by atoms with Crippen molar-refractivity contribution in [3.05, 3.63) is 72.7 Å². The minimum absolute atomic E-state index is 0.000917. The van der Waals surface area contributed by atoms with Gasteiger partial charge < -0.3 is 11.1 Å². The van der Waals surface area contributed by atoms with Gasteiger partial charge >= 0.3 is 0 Å². The summed E-state index contributed by atoms with van der Waals surface area (Å²) >= 11 is 1.44. The van der Waals surface area contributed by atoms with Gasteiger partial charge in [-0.2, -0.15) is 0 Å². The number of carbonyl (C=O) groups is 1. The van der Waals surface area contributed by atoms with Gasteiger partial charge in [-0.15, -0.1) is 0 Å². The molecule has 2 aromatic heterocycles. The molecular formula is C21H17N5OS. The maximum absolute atomic E-state index is 11.6. The van der Waals surface area contributed by atoms with Crippen molar-refractivity contribution in [1.29, 1.82) is 0 Å². The van der Waals surface area contributed by atoms with Gasteiger partial charge in [-0.1, -0.05) is 42.1 Å². The van der Waals surface area contributed by atoms with E-state index in [0.29, 0.717) is 22.1 Å². The first-order chi connectivity index (χ1) is 13.6. The molecule has 0 spiro atoms. The lowest BCUT2D eigenvalue weighted by Crippen LogP contribution is -2.03. The van der Waals surface area contributed by atoms with Crippen molar-refractivity contribution >= 4 is 45.6 Å². The maximum Gasteiger partial charge on any atom is 0.159 e. The van der Waals surface area contributed by atoms with E-state index in [4.69, 9.17) is 5.73 Å². The average molecular weight is 387 g/mol. The Morgan fingerprint density at radius 3 is 2.71 bits per heavy atom. The molecule has 0 unspecified atom stereocenters. The number of fused-ring (bicyclic) bond motifs is 1. The summed E-state index contributed by atoms with van der Waals surface area (Å²) in [5.74, 6) is 0.491. The zero-order valence-electron chi connectivity index (χ0n) is 15.1. The number of ketones is 1. The number of Topliss-reactive ketones (excluding diaryl/α,β-unsaturated/α-hetero) is 1. The number of nitrogens with zero attached hydrogens (tertiary/aromatic N) is 3.